The number of nitrogens with one attached hydrogen (secondary N) is 1. The van der Waals surface area contributed by atoms with Crippen molar-refractivity contribution in [3.63, 3.8) is 0 Å². The molecule has 2 rings (SSSR count). The zero-order valence-corrected chi connectivity index (χ0v) is 13.4. The summed E-state index contributed by atoms with van der Waals surface area (Å²) in [5.74, 6) is -1.14. The van der Waals surface area contributed by atoms with Crippen LogP contribution in [0.5, 0.6) is 0 Å². The molecule has 0 aliphatic heterocycles. The number of nitrogens with zero attached hydrogens (tertiary/aromatic N) is 1. The van der Waals surface area contributed by atoms with Gasteiger partial charge in [-0.05, 0) is 43.3 Å². The Bertz CT molecular complexity index is 790. The van der Waals surface area contributed by atoms with E-state index in [4.69, 9.17) is 16.3 Å². The van der Waals surface area contributed by atoms with Crippen LogP contribution < -0.4 is 5.32 Å². The minimum atomic E-state index is -0.673. The Morgan fingerprint density at radius 1 is 1.21 bits per heavy atom. The third-order valence-electron chi connectivity index (χ3n) is 3.05. The van der Waals surface area contributed by atoms with E-state index in [-0.39, 0.29) is 22.9 Å². The van der Waals surface area contributed by atoms with Crippen molar-refractivity contribution in [1.29, 1.82) is 0 Å². The van der Waals surface area contributed by atoms with Gasteiger partial charge in [0.25, 0.3) is 11.6 Å². The van der Waals surface area contributed by atoms with Crippen molar-refractivity contribution >= 4 is 34.9 Å². The van der Waals surface area contributed by atoms with E-state index in [2.05, 4.69) is 5.32 Å². The molecular weight excluding hydrogens is 336 g/mol. The Morgan fingerprint density at radius 3 is 2.46 bits per heavy atom. The number of ether oxygens (including phenoxy) is 1. The highest BCUT2D eigenvalue weighted by molar-refractivity contribution is 6.31. The van der Waals surface area contributed by atoms with Crippen molar-refractivity contribution in [2.24, 2.45) is 0 Å². The summed E-state index contributed by atoms with van der Waals surface area (Å²) in [6, 6.07) is 9.70. The first-order chi connectivity index (χ1) is 11.4. The molecule has 0 saturated carbocycles. The molecule has 0 aliphatic rings. The molecule has 124 valence electrons. The molecule has 2 aromatic carbocycles. The predicted octanol–water partition coefficient (Wildman–Crippen LogP) is 3.68. The van der Waals surface area contributed by atoms with Gasteiger partial charge < -0.3 is 10.1 Å². The van der Waals surface area contributed by atoms with Crippen molar-refractivity contribution in [2.75, 3.05) is 11.9 Å². The van der Waals surface area contributed by atoms with Gasteiger partial charge in [0, 0.05) is 16.8 Å². The molecule has 0 aromatic heterocycles. The standard InChI is InChI=1S/C16H13ClN2O5/c1-2-24-16(21)10-3-6-12(7-4-10)18-15(20)13-9-11(17)5-8-14(13)19(22)23/h3-9H,2H2,1H3,(H,18,20). The molecule has 0 spiro atoms. The quantitative estimate of drug-likeness (QED) is 0.505. The van der Waals surface area contributed by atoms with E-state index in [1.165, 1.54) is 42.5 Å². The molecule has 0 unspecified atom stereocenters. The second kappa shape index (κ2) is 7.56. The van der Waals surface area contributed by atoms with E-state index < -0.39 is 16.8 Å². The van der Waals surface area contributed by atoms with Gasteiger partial charge in [-0.2, -0.15) is 0 Å². The fourth-order valence-corrected chi connectivity index (χ4v) is 2.12. The highest BCUT2D eigenvalue weighted by Gasteiger charge is 2.20. The van der Waals surface area contributed by atoms with Gasteiger partial charge in [-0.25, -0.2) is 4.79 Å². The lowest BCUT2D eigenvalue weighted by Crippen LogP contribution is -2.14. The molecule has 0 fully saturated rings. The summed E-state index contributed by atoms with van der Waals surface area (Å²) in [6.45, 7) is 1.96. The largest absolute Gasteiger partial charge is 0.462 e. The minimum Gasteiger partial charge on any atom is -0.462 e. The fourth-order valence-electron chi connectivity index (χ4n) is 1.95. The van der Waals surface area contributed by atoms with Gasteiger partial charge in [0.1, 0.15) is 5.56 Å². The third kappa shape index (κ3) is 4.08. The molecule has 8 heteroatoms. The zero-order chi connectivity index (χ0) is 17.7. The number of nitro groups is 1. The van der Waals surface area contributed by atoms with E-state index in [0.717, 1.165) is 0 Å². The summed E-state index contributed by atoms with van der Waals surface area (Å²) < 4.78 is 4.86. The van der Waals surface area contributed by atoms with Crippen LogP contribution in [-0.4, -0.2) is 23.4 Å². The maximum absolute atomic E-state index is 12.2. The Labute approximate surface area is 142 Å². The van der Waals surface area contributed by atoms with E-state index in [0.29, 0.717) is 11.3 Å². The van der Waals surface area contributed by atoms with Crippen molar-refractivity contribution < 1.29 is 19.2 Å². The summed E-state index contributed by atoms with van der Waals surface area (Å²) >= 11 is 5.80. The molecule has 0 heterocycles. The molecule has 0 atom stereocenters. The molecule has 0 radical (unpaired) electrons. The van der Waals surface area contributed by atoms with E-state index in [9.17, 15) is 19.7 Å². The number of nitro benzene ring substituents is 1. The minimum absolute atomic E-state index is 0.151. The smallest absolute Gasteiger partial charge is 0.338 e. The van der Waals surface area contributed by atoms with Gasteiger partial charge in [0.05, 0.1) is 17.1 Å². The van der Waals surface area contributed by atoms with E-state index in [1.54, 1.807) is 6.92 Å². The number of halogens is 1. The predicted molar refractivity (Wildman–Crippen MR) is 88.5 cm³/mol. The van der Waals surface area contributed by atoms with Crippen LogP contribution in [0.2, 0.25) is 5.02 Å². The normalized spacial score (nSPS) is 10.1. The molecule has 24 heavy (non-hydrogen) atoms. The molecule has 0 saturated heterocycles. The van der Waals surface area contributed by atoms with E-state index >= 15 is 0 Å². The SMILES string of the molecule is CCOC(=O)c1ccc(NC(=O)c2cc(Cl)ccc2[N+](=O)[O-])cc1. The second-order valence-corrected chi connectivity index (χ2v) is 5.11. The van der Waals surface area contributed by atoms with E-state index in [1.807, 2.05) is 0 Å². The van der Waals surface area contributed by atoms with Crippen LogP contribution in [0.1, 0.15) is 27.6 Å². The zero-order valence-electron chi connectivity index (χ0n) is 12.6. The summed E-state index contributed by atoms with van der Waals surface area (Å²) in [4.78, 5) is 34.1. The molecule has 2 aromatic rings. The Morgan fingerprint density at radius 2 is 1.88 bits per heavy atom. The van der Waals surface area contributed by atoms with Crippen LogP contribution in [0.25, 0.3) is 0 Å². The summed E-state index contributed by atoms with van der Waals surface area (Å²) in [5.41, 5.74) is 0.216. The van der Waals surface area contributed by atoms with Crippen molar-refractivity contribution in [3.05, 3.63) is 68.7 Å². The maximum Gasteiger partial charge on any atom is 0.338 e. The number of amides is 1. The van der Waals surface area contributed by atoms with Crippen LogP contribution in [0.3, 0.4) is 0 Å². The highest BCUT2D eigenvalue weighted by atomic mass is 35.5. The van der Waals surface area contributed by atoms with Crippen molar-refractivity contribution in [3.8, 4) is 0 Å². The monoisotopic (exact) mass is 348 g/mol. The number of hydrogen-bond acceptors (Lipinski definition) is 5. The number of carbonyl (C=O) groups is 2. The first-order valence-electron chi connectivity index (χ1n) is 6.95. The maximum atomic E-state index is 12.2. The van der Waals surface area contributed by atoms with Crippen LogP contribution in [0, 0.1) is 10.1 Å². The van der Waals surface area contributed by atoms with Crippen LogP contribution in [0.15, 0.2) is 42.5 Å². The molecule has 7 nitrogen and oxygen atoms in total. The second-order valence-electron chi connectivity index (χ2n) is 4.67. The van der Waals surface area contributed by atoms with Crippen LogP contribution >= 0.6 is 11.6 Å². The number of benzene rings is 2. The Balaban J connectivity index is 2.20. The summed E-state index contributed by atoms with van der Waals surface area (Å²) in [5, 5.41) is 13.7. The van der Waals surface area contributed by atoms with Crippen LogP contribution in [-0.2, 0) is 4.74 Å². The lowest BCUT2D eigenvalue weighted by Gasteiger charge is -2.07. The lowest BCUT2D eigenvalue weighted by atomic mass is 10.1. The van der Waals surface area contributed by atoms with Gasteiger partial charge in [-0.3, -0.25) is 14.9 Å². The fraction of sp³-hybridized carbons (Fsp3) is 0.125. The summed E-state index contributed by atoms with van der Waals surface area (Å²) in [6.07, 6.45) is 0. The average Bonchev–Trinajstić information content (AvgIpc) is 2.55. The molecule has 0 aliphatic carbocycles. The number of carbonyl (C=O) groups excluding carboxylic acids is 2. The van der Waals surface area contributed by atoms with Gasteiger partial charge in [-0.15, -0.1) is 0 Å². The summed E-state index contributed by atoms with van der Waals surface area (Å²) in [7, 11) is 0. The molecule has 0 bridgehead atoms. The number of hydrogen-bond donors (Lipinski definition) is 1. The molecule has 1 amide bonds. The highest BCUT2D eigenvalue weighted by Crippen LogP contribution is 2.24. The van der Waals surface area contributed by atoms with Crippen molar-refractivity contribution in [2.45, 2.75) is 6.92 Å². The van der Waals surface area contributed by atoms with Gasteiger partial charge in [0.2, 0.25) is 0 Å². The lowest BCUT2D eigenvalue weighted by molar-refractivity contribution is -0.385. The average molecular weight is 349 g/mol. The Kier molecular flexibility index (Phi) is 5.49. The first-order valence-corrected chi connectivity index (χ1v) is 7.32. The topological polar surface area (TPSA) is 98.5 Å². The van der Waals surface area contributed by atoms with Crippen LogP contribution in [0.4, 0.5) is 11.4 Å². The third-order valence-corrected chi connectivity index (χ3v) is 3.29. The molecular formula is C16H13ClN2O5. The molecule has 1 N–H and O–H groups in total. The van der Waals surface area contributed by atoms with Gasteiger partial charge in [-0.1, -0.05) is 11.6 Å². The Hall–Kier alpha value is -2.93. The number of anilines is 1. The number of rotatable bonds is 5. The van der Waals surface area contributed by atoms with Crippen molar-refractivity contribution in [1.82, 2.24) is 0 Å². The first kappa shape index (κ1) is 17.4. The van der Waals surface area contributed by atoms with Gasteiger partial charge >= 0.3 is 5.97 Å². The number of esters is 1. The van der Waals surface area contributed by atoms with Gasteiger partial charge in [0.15, 0.2) is 0 Å².